The van der Waals surface area contributed by atoms with Crippen LogP contribution in [0.5, 0.6) is 5.75 Å². The number of para-hydroxylation sites is 1. The molecular formula is C24H27N5O2. The molecule has 0 aliphatic heterocycles. The first-order valence-corrected chi connectivity index (χ1v) is 11.1. The number of fused-ring (bicyclic) bond motifs is 3. The fourth-order valence-corrected chi connectivity index (χ4v) is 4.47. The van der Waals surface area contributed by atoms with Crippen molar-refractivity contribution in [2.45, 2.75) is 58.2 Å². The van der Waals surface area contributed by atoms with E-state index in [9.17, 15) is 4.79 Å². The van der Waals surface area contributed by atoms with Crippen LogP contribution in [0, 0.1) is 0 Å². The van der Waals surface area contributed by atoms with Crippen LogP contribution in [-0.4, -0.2) is 25.2 Å². The molecule has 1 aliphatic carbocycles. The smallest absolute Gasteiger partial charge is 0.262 e. The first-order valence-electron chi connectivity index (χ1n) is 11.1. The molecule has 1 fully saturated rings. The van der Waals surface area contributed by atoms with Crippen LogP contribution in [0.2, 0.25) is 0 Å². The Morgan fingerprint density at radius 3 is 2.58 bits per heavy atom. The minimum atomic E-state index is -0.0495. The van der Waals surface area contributed by atoms with Crippen LogP contribution in [0.15, 0.2) is 53.3 Å². The largest absolute Gasteiger partial charge is 0.486 e. The number of hydrogen-bond donors (Lipinski definition) is 1. The van der Waals surface area contributed by atoms with Crippen molar-refractivity contribution < 1.29 is 4.74 Å². The molecule has 1 aliphatic rings. The van der Waals surface area contributed by atoms with Gasteiger partial charge in [-0.15, -0.1) is 10.2 Å². The summed E-state index contributed by atoms with van der Waals surface area (Å²) < 4.78 is 9.58. The molecule has 0 bridgehead atoms. The van der Waals surface area contributed by atoms with Crippen molar-refractivity contribution in [2.24, 2.45) is 0 Å². The van der Waals surface area contributed by atoms with Crippen molar-refractivity contribution in [1.29, 1.82) is 0 Å². The van der Waals surface area contributed by atoms with Crippen molar-refractivity contribution >= 4 is 22.4 Å². The first-order chi connectivity index (χ1) is 15.2. The predicted molar refractivity (Wildman–Crippen MR) is 122 cm³/mol. The summed E-state index contributed by atoms with van der Waals surface area (Å²) in [5.41, 5.74) is 1.87. The molecule has 0 radical (unpaired) electrons. The van der Waals surface area contributed by atoms with Crippen LogP contribution in [0.1, 0.15) is 44.9 Å². The Morgan fingerprint density at radius 1 is 1.03 bits per heavy atom. The second-order valence-corrected chi connectivity index (χ2v) is 8.11. The maximum atomic E-state index is 12.8. The molecule has 2 aromatic carbocycles. The SMILES string of the molecule is CCn1c(=O)c2ccccc2n2c(COc3ccc(NC4CCCCC4)cc3)nnc12. The molecule has 7 heteroatoms. The Labute approximate surface area is 180 Å². The topological polar surface area (TPSA) is 73.5 Å². The highest BCUT2D eigenvalue weighted by Crippen LogP contribution is 2.23. The molecule has 1 saturated carbocycles. The summed E-state index contributed by atoms with van der Waals surface area (Å²) in [6, 6.07) is 16.2. The van der Waals surface area contributed by atoms with E-state index < -0.39 is 0 Å². The molecule has 0 spiro atoms. The van der Waals surface area contributed by atoms with E-state index in [0.29, 0.717) is 29.6 Å². The predicted octanol–water partition coefficient (Wildman–Crippen LogP) is 4.39. The van der Waals surface area contributed by atoms with Gasteiger partial charge in [0.25, 0.3) is 5.56 Å². The van der Waals surface area contributed by atoms with Gasteiger partial charge in [-0.3, -0.25) is 13.8 Å². The van der Waals surface area contributed by atoms with E-state index in [1.165, 1.54) is 32.1 Å². The Hall–Kier alpha value is -3.35. The van der Waals surface area contributed by atoms with Gasteiger partial charge in [-0.05, 0) is 56.2 Å². The molecule has 1 N–H and O–H groups in total. The van der Waals surface area contributed by atoms with Gasteiger partial charge >= 0.3 is 0 Å². The molecule has 0 atom stereocenters. The number of hydrogen-bond acceptors (Lipinski definition) is 5. The first kappa shape index (κ1) is 19.6. The summed E-state index contributed by atoms with van der Waals surface area (Å²) >= 11 is 0. The third-order valence-corrected chi connectivity index (χ3v) is 6.09. The van der Waals surface area contributed by atoms with Crippen LogP contribution in [0.4, 0.5) is 5.69 Å². The summed E-state index contributed by atoms with van der Waals surface area (Å²) in [6.07, 6.45) is 6.47. The Morgan fingerprint density at radius 2 is 1.81 bits per heavy atom. The van der Waals surface area contributed by atoms with Crippen molar-refractivity contribution in [1.82, 2.24) is 19.2 Å². The van der Waals surface area contributed by atoms with Gasteiger partial charge in [-0.2, -0.15) is 0 Å². The molecule has 2 heterocycles. The number of benzene rings is 2. The van der Waals surface area contributed by atoms with Gasteiger partial charge in [0.2, 0.25) is 5.78 Å². The highest BCUT2D eigenvalue weighted by Gasteiger charge is 2.16. The van der Waals surface area contributed by atoms with Gasteiger partial charge in [-0.1, -0.05) is 31.4 Å². The summed E-state index contributed by atoms with van der Waals surface area (Å²) in [4.78, 5) is 12.8. The zero-order chi connectivity index (χ0) is 21.2. The van der Waals surface area contributed by atoms with Crippen LogP contribution in [0.3, 0.4) is 0 Å². The van der Waals surface area contributed by atoms with Crippen molar-refractivity contribution in [3.8, 4) is 5.75 Å². The van der Waals surface area contributed by atoms with E-state index >= 15 is 0 Å². The standard InChI is InChI=1S/C24H27N5O2/c1-2-28-23(30)20-10-6-7-11-21(20)29-22(26-27-24(28)29)16-31-19-14-12-18(13-15-19)25-17-8-4-3-5-9-17/h6-7,10-15,17,25H,2-5,8-9,16H2,1H3. The average molecular weight is 418 g/mol. The number of rotatable bonds is 6. The van der Waals surface area contributed by atoms with Crippen LogP contribution in [-0.2, 0) is 13.2 Å². The van der Waals surface area contributed by atoms with Gasteiger partial charge in [0, 0.05) is 18.3 Å². The lowest BCUT2D eigenvalue weighted by Gasteiger charge is -2.23. The second-order valence-electron chi connectivity index (χ2n) is 8.11. The summed E-state index contributed by atoms with van der Waals surface area (Å²) in [7, 11) is 0. The minimum absolute atomic E-state index is 0.0495. The number of nitrogens with zero attached hydrogens (tertiary/aromatic N) is 4. The van der Waals surface area contributed by atoms with Crippen molar-refractivity contribution in [3.05, 3.63) is 64.7 Å². The van der Waals surface area contributed by atoms with Gasteiger partial charge in [0.15, 0.2) is 5.82 Å². The molecule has 2 aromatic heterocycles. The normalized spacial score (nSPS) is 14.9. The van der Waals surface area contributed by atoms with Gasteiger partial charge in [0.05, 0.1) is 10.9 Å². The third-order valence-electron chi connectivity index (χ3n) is 6.09. The van der Waals surface area contributed by atoms with Crippen LogP contribution in [0.25, 0.3) is 16.7 Å². The highest BCUT2D eigenvalue weighted by atomic mass is 16.5. The molecule has 0 unspecified atom stereocenters. The average Bonchev–Trinajstić information content (AvgIpc) is 3.24. The molecule has 5 rings (SSSR count). The minimum Gasteiger partial charge on any atom is -0.486 e. The van der Waals surface area contributed by atoms with E-state index in [0.717, 1.165) is 17.0 Å². The number of nitrogens with one attached hydrogen (secondary N) is 1. The zero-order valence-electron chi connectivity index (χ0n) is 17.8. The number of ether oxygens (including phenoxy) is 1. The van der Waals surface area contributed by atoms with E-state index in [4.69, 9.17) is 4.74 Å². The number of aryl methyl sites for hydroxylation is 1. The molecule has 0 saturated heterocycles. The molecule has 31 heavy (non-hydrogen) atoms. The second kappa shape index (κ2) is 8.41. The van der Waals surface area contributed by atoms with Crippen LogP contribution < -0.4 is 15.6 Å². The van der Waals surface area contributed by atoms with Gasteiger partial charge in [-0.25, -0.2) is 0 Å². The Balaban J connectivity index is 1.37. The zero-order valence-corrected chi connectivity index (χ0v) is 17.8. The molecule has 160 valence electrons. The molecular weight excluding hydrogens is 390 g/mol. The lowest BCUT2D eigenvalue weighted by atomic mass is 9.95. The Kier molecular flexibility index (Phi) is 5.32. The maximum absolute atomic E-state index is 12.8. The summed E-state index contributed by atoms with van der Waals surface area (Å²) in [5.74, 6) is 1.98. The fourth-order valence-electron chi connectivity index (χ4n) is 4.47. The maximum Gasteiger partial charge on any atom is 0.262 e. The Bertz CT molecular complexity index is 1250. The fraction of sp³-hybridized carbons (Fsp3) is 0.375. The molecule has 7 nitrogen and oxygen atoms in total. The quantitative estimate of drug-likeness (QED) is 0.504. The molecule has 4 aromatic rings. The lowest BCUT2D eigenvalue weighted by Crippen LogP contribution is -2.22. The van der Waals surface area contributed by atoms with E-state index in [2.05, 4.69) is 27.6 Å². The monoisotopic (exact) mass is 417 g/mol. The number of anilines is 1. The number of aromatic nitrogens is 4. The third kappa shape index (κ3) is 3.76. The molecule has 0 amide bonds. The lowest BCUT2D eigenvalue weighted by molar-refractivity contribution is 0.295. The summed E-state index contributed by atoms with van der Waals surface area (Å²) in [5, 5.41) is 12.9. The van der Waals surface area contributed by atoms with Crippen LogP contribution >= 0.6 is 0 Å². The van der Waals surface area contributed by atoms with E-state index in [1.807, 2.05) is 47.7 Å². The van der Waals surface area contributed by atoms with Crippen molar-refractivity contribution in [3.63, 3.8) is 0 Å². The van der Waals surface area contributed by atoms with Gasteiger partial charge in [0.1, 0.15) is 12.4 Å². The van der Waals surface area contributed by atoms with E-state index in [-0.39, 0.29) is 12.2 Å². The van der Waals surface area contributed by atoms with Gasteiger partial charge < -0.3 is 10.1 Å². The van der Waals surface area contributed by atoms with E-state index in [1.54, 1.807) is 4.57 Å². The van der Waals surface area contributed by atoms with Crippen molar-refractivity contribution in [2.75, 3.05) is 5.32 Å². The highest BCUT2D eigenvalue weighted by molar-refractivity contribution is 5.80. The summed E-state index contributed by atoms with van der Waals surface area (Å²) in [6.45, 7) is 2.73.